The minimum Gasteiger partial charge on any atom is -0.192 e. The highest BCUT2D eigenvalue weighted by atomic mass is 79.9. The summed E-state index contributed by atoms with van der Waals surface area (Å²) in [5, 5.41) is 11.0. The molecule has 0 aromatic carbocycles. The molecule has 0 aliphatic heterocycles. The van der Waals surface area contributed by atoms with Gasteiger partial charge in [0.05, 0.1) is 5.33 Å². The van der Waals surface area contributed by atoms with Gasteiger partial charge in [0, 0.05) is 10.9 Å². The second kappa shape index (κ2) is 4.18. The molecule has 1 aromatic heterocycles. The van der Waals surface area contributed by atoms with Gasteiger partial charge in [-0.2, -0.15) is 5.26 Å². The van der Waals surface area contributed by atoms with Gasteiger partial charge >= 0.3 is 0 Å². The van der Waals surface area contributed by atoms with Gasteiger partial charge in [0.1, 0.15) is 10.9 Å². The lowest BCUT2D eigenvalue weighted by Crippen LogP contribution is -1.65. The van der Waals surface area contributed by atoms with Crippen LogP contribution in [-0.4, -0.2) is 5.33 Å². The van der Waals surface area contributed by atoms with Crippen LogP contribution in [0, 0.1) is 23.2 Å². The number of hydrogen-bond donors (Lipinski definition) is 0. The largest absolute Gasteiger partial charge is 0.192 e. The van der Waals surface area contributed by atoms with E-state index < -0.39 is 0 Å². The van der Waals surface area contributed by atoms with E-state index >= 15 is 0 Å². The predicted octanol–water partition coefficient (Wildman–Crippen LogP) is 2.37. The van der Waals surface area contributed by atoms with Crippen LogP contribution in [0.5, 0.6) is 0 Å². The maximum absolute atomic E-state index is 8.48. The maximum atomic E-state index is 8.48. The molecule has 0 aliphatic rings. The van der Waals surface area contributed by atoms with Crippen LogP contribution in [0.25, 0.3) is 0 Å². The molecular weight excluding hydrogens is 222 g/mol. The van der Waals surface area contributed by atoms with E-state index in [0.717, 1.165) is 5.56 Å². The SMILES string of the molecule is N#Cc1cc(C#CCBr)cs1. The minimum atomic E-state index is 0.671. The highest BCUT2D eigenvalue weighted by Crippen LogP contribution is 2.11. The van der Waals surface area contributed by atoms with Crippen molar-refractivity contribution in [2.45, 2.75) is 0 Å². The molecule has 0 saturated heterocycles. The Labute approximate surface area is 77.8 Å². The molecule has 1 rings (SSSR count). The second-order valence-corrected chi connectivity index (χ2v) is 3.22. The molecule has 0 spiro atoms. The zero-order chi connectivity index (χ0) is 8.10. The Kier molecular flexibility index (Phi) is 3.16. The number of alkyl halides is 1. The van der Waals surface area contributed by atoms with Crippen LogP contribution >= 0.6 is 27.3 Å². The zero-order valence-electron chi connectivity index (χ0n) is 5.60. The molecule has 0 atom stereocenters. The molecule has 0 N–H and O–H groups in total. The predicted molar refractivity (Wildman–Crippen MR) is 49.7 cm³/mol. The van der Waals surface area contributed by atoms with Crippen molar-refractivity contribution in [1.29, 1.82) is 5.26 Å². The summed E-state index contributed by atoms with van der Waals surface area (Å²) < 4.78 is 0. The first-order valence-corrected chi connectivity index (χ1v) is 4.90. The van der Waals surface area contributed by atoms with E-state index in [1.807, 2.05) is 5.38 Å². The lowest BCUT2D eigenvalue weighted by atomic mass is 10.3. The topological polar surface area (TPSA) is 23.8 Å². The first kappa shape index (κ1) is 8.33. The summed E-state index contributed by atoms with van der Waals surface area (Å²) in [6.07, 6.45) is 0. The Balaban J connectivity index is 2.83. The first-order valence-electron chi connectivity index (χ1n) is 2.90. The van der Waals surface area contributed by atoms with Crippen LogP contribution in [0.2, 0.25) is 0 Å². The number of nitrogens with zero attached hydrogens (tertiary/aromatic N) is 1. The van der Waals surface area contributed by atoms with Crippen molar-refractivity contribution in [1.82, 2.24) is 0 Å². The average Bonchev–Trinajstić information content (AvgIpc) is 2.48. The van der Waals surface area contributed by atoms with Gasteiger partial charge in [0.25, 0.3) is 0 Å². The van der Waals surface area contributed by atoms with Gasteiger partial charge in [0.2, 0.25) is 0 Å². The molecule has 0 fully saturated rings. The van der Waals surface area contributed by atoms with Crippen molar-refractivity contribution < 1.29 is 0 Å². The summed E-state index contributed by atoms with van der Waals surface area (Å²) in [5.74, 6) is 5.78. The van der Waals surface area contributed by atoms with Crippen molar-refractivity contribution in [2.75, 3.05) is 5.33 Å². The van der Waals surface area contributed by atoms with E-state index in [9.17, 15) is 0 Å². The summed E-state index contributed by atoms with van der Waals surface area (Å²) in [5.41, 5.74) is 0.922. The molecule has 0 amide bonds. The van der Waals surface area contributed by atoms with Crippen LogP contribution in [-0.2, 0) is 0 Å². The fourth-order valence-electron chi connectivity index (χ4n) is 0.596. The van der Waals surface area contributed by atoms with Gasteiger partial charge in [0.15, 0.2) is 0 Å². The Morgan fingerprint density at radius 2 is 2.45 bits per heavy atom. The van der Waals surface area contributed by atoms with Gasteiger partial charge in [-0.1, -0.05) is 27.8 Å². The number of thiophene rings is 1. The molecule has 0 bridgehead atoms. The summed E-state index contributed by atoms with van der Waals surface area (Å²) in [6, 6.07) is 3.85. The smallest absolute Gasteiger partial charge is 0.110 e. The third-order valence-corrected chi connectivity index (χ3v) is 2.12. The molecule has 0 unspecified atom stereocenters. The van der Waals surface area contributed by atoms with E-state index in [4.69, 9.17) is 5.26 Å². The summed E-state index contributed by atoms with van der Waals surface area (Å²) in [7, 11) is 0. The van der Waals surface area contributed by atoms with Gasteiger partial charge in [-0.15, -0.1) is 11.3 Å². The highest BCUT2D eigenvalue weighted by molar-refractivity contribution is 9.09. The van der Waals surface area contributed by atoms with E-state index in [1.165, 1.54) is 11.3 Å². The Morgan fingerprint density at radius 3 is 3.00 bits per heavy atom. The van der Waals surface area contributed by atoms with E-state index in [0.29, 0.717) is 10.2 Å². The standard InChI is InChI=1S/C8H4BrNS/c9-3-1-2-7-4-8(5-10)11-6-7/h4,6H,3H2. The quantitative estimate of drug-likeness (QED) is 0.492. The monoisotopic (exact) mass is 225 g/mol. The molecule has 3 heteroatoms. The van der Waals surface area contributed by atoms with Crippen LogP contribution in [0.1, 0.15) is 10.4 Å². The molecule has 11 heavy (non-hydrogen) atoms. The molecule has 0 aliphatic carbocycles. The van der Waals surface area contributed by atoms with Crippen LogP contribution in [0.3, 0.4) is 0 Å². The van der Waals surface area contributed by atoms with Crippen molar-refractivity contribution in [3.63, 3.8) is 0 Å². The molecule has 0 saturated carbocycles. The lowest BCUT2D eigenvalue weighted by molar-refractivity contribution is 1.52. The highest BCUT2D eigenvalue weighted by Gasteiger charge is 1.93. The molecule has 0 radical (unpaired) electrons. The lowest BCUT2D eigenvalue weighted by Gasteiger charge is -1.73. The van der Waals surface area contributed by atoms with Gasteiger partial charge < -0.3 is 0 Å². The zero-order valence-corrected chi connectivity index (χ0v) is 8.00. The van der Waals surface area contributed by atoms with Crippen molar-refractivity contribution >= 4 is 27.3 Å². The Morgan fingerprint density at radius 1 is 1.64 bits per heavy atom. The van der Waals surface area contributed by atoms with E-state index in [2.05, 4.69) is 33.8 Å². The molecular formula is C8H4BrNS. The Bertz CT molecular complexity index is 337. The van der Waals surface area contributed by atoms with E-state index in [1.54, 1.807) is 6.07 Å². The number of nitriles is 1. The second-order valence-electron chi connectivity index (χ2n) is 1.75. The van der Waals surface area contributed by atoms with Crippen LogP contribution in [0.4, 0.5) is 0 Å². The third kappa shape index (κ3) is 2.38. The van der Waals surface area contributed by atoms with Crippen molar-refractivity contribution in [3.05, 3.63) is 21.9 Å². The molecule has 54 valence electrons. The minimum absolute atomic E-state index is 0.671. The summed E-state index contributed by atoms with van der Waals surface area (Å²) in [4.78, 5) is 0.712. The fraction of sp³-hybridized carbons (Fsp3) is 0.125. The molecule has 1 heterocycles. The summed E-state index contributed by atoms with van der Waals surface area (Å²) in [6.45, 7) is 0. The number of rotatable bonds is 0. The van der Waals surface area contributed by atoms with Gasteiger partial charge in [-0.25, -0.2) is 0 Å². The molecule has 1 aromatic rings. The molecule has 1 nitrogen and oxygen atoms in total. The van der Waals surface area contributed by atoms with Crippen molar-refractivity contribution in [3.8, 4) is 17.9 Å². The van der Waals surface area contributed by atoms with E-state index in [-0.39, 0.29) is 0 Å². The number of hydrogen-bond acceptors (Lipinski definition) is 2. The fourth-order valence-corrected chi connectivity index (χ4v) is 1.36. The Hall–Kier alpha value is -0.770. The first-order chi connectivity index (χ1) is 5.36. The van der Waals surface area contributed by atoms with Crippen molar-refractivity contribution in [2.24, 2.45) is 0 Å². The van der Waals surface area contributed by atoms with Crippen LogP contribution < -0.4 is 0 Å². The summed E-state index contributed by atoms with van der Waals surface area (Å²) >= 11 is 4.62. The normalized spacial score (nSPS) is 8.00. The van der Waals surface area contributed by atoms with Gasteiger partial charge in [-0.3, -0.25) is 0 Å². The van der Waals surface area contributed by atoms with Crippen LogP contribution in [0.15, 0.2) is 11.4 Å². The third-order valence-electron chi connectivity index (χ3n) is 1.01. The maximum Gasteiger partial charge on any atom is 0.110 e. The van der Waals surface area contributed by atoms with Gasteiger partial charge in [-0.05, 0) is 6.07 Å². The number of halogens is 1. The average molecular weight is 226 g/mol.